The summed E-state index contributed by atoms with van der Waals surface area (Å²) in [7, 11) is 0. The van der Waals surface area contributed by atoms with Crippen molar-refractivity contribution in [2.24, 2.45) is 5.92 Å². The number of urea groups is 1. The van der Waals surface area contributed by atoms with E-state index in [2.05, 4.69) is 5.32 Å². The van der Waals surface area contributed by atoms with E-state index in [1.807, 2.05) is 28.9 Å². The van der Waals surface area contributed by atoms with Gasteiger partial charge >= 0.3 is 12.0 Å². The lowest BCUT2D eigenvalue weighted by Crippen LogP contribution is -2.57. The summed E-state index contributed by atoms with van der Waals surface area (Å²) in [5.41, 5.74) is 0.757. The predicted molar refractivity (Wildman–Crippen MR) is 105 cm³/mol. The number of aliphatic carboxylic acids is 1. The molecule has 0 radical (unpaired) electrons. The fourth-order valence-corrected chi connectivity index (χ4v) is 4.26. The van der Waals surface area contributed by atoms with Gasteiger partial charge in [-0.1, -0.05) is 25.1 Å². The molecule has 1 aliphatic carbocycles. The lowest BCUT2D eigenvalue weighted by atomic mass is 9.85. The Bertz CT molecular complexity index is 685. The largest absolute Gasteiger partial charge is 0.480 e. The summed E-state index contributed by atoms with van der Waals surface area (Å²) in [5, 5.41) is 12.0. The highest BCUT2D eigenvalue weighted by molar-refractivity contribution is 5.74. The molecule has 1 heterocycles. The molecule has 1 saturated heterocycles. The first-order valence-electron chi connectivity index (χ1n) is 10.2. The summed E-state index contributed by atoms with van der Waals surface area (Å²) >= 11 is 0. The highest BCUT2D eigenvalue weighted by Crippen LogP contribution is 2.27. The van der Waals surface area contributed by atoms with E-state index in [1.54, 1.807) is 6.07 Å². The van der Waals surface area contributed by atoms with E-state index in [0.29, 0.717) is 25.6 Å². The highest BCUT2D eigenvalue weighted by Gasteiger charge is 2.35. The molecule has 0 unspecified atom stereocenters. The molecule has 1 aliphatic heterocycles. The number of likely N-dealkylation sites (N-methyl/N-ethyl adjacent to an activating group) is 1. The molecule has 2 N–H and O–H groups in total. The Morgan fingerprint density at radius 1 is 1.25 bits per heavy atom. The fourth-order valence-electron chi connectivity index (χ4n) is 4.26. The van der Waals surface area contributed by atoms with Crippen LogP contribution in [0.2, 0.25) is 0 Å². The summed E-state index contributed by atoms with van der Waals surface area (Å²) in [5.74, 6) is -0.554. The van der Waals surface area contributed by atoms with Gasteiger partial charge in [0.2, 0.25) is 0 Å². The van der Waals surface area contributed by atoms with Crippen LogP contribution in [0.25, 0.3) is 0 Å². The molecule has 28 heavy (non-hydrogen) atoms. The average molecular weight is 391 g/mol. The van der Waals surface area contributed by atoms with Gasteiger partial charge in [-0.25, -0.2) is 9.18 Å². The molecular weight excluding hydrogens is 361 g/mol. The fraction of sp³-hybridized carbons (Fsp3) is 0.619. The zero-order valence-electron chi connectivity index (χ0n) is 16.4. The van der Waals surface area contributed by atoms with Crippen LogP contribution < -0.4 is 5.32 Å². The first-order chi connectivity index (χ1) is 13.5. The number of nitrogens with zero attached hydrogens (tertiary/aromatic N) is 2. The number of carboxylic acid groups (broad SMARTS) is 1. The number of carbonyl (C=O) groups is 2. The second-order valence-corrected chi connectivity index (χ2v) is 7.95. The van der Waals surface area contributed by atoms with E-state index in [0.717, 1.165) is 37.7 Å². The smallest absolute Gasteiger partial charge is 0.317 e. The average Bonchev–Trinajstić information content (AvgIpc) is 2.65. The number of benzene rings is 1. The van der Waals surface area contributed by atoms with Gasteiger partial charge in [-0.3, -0.25) is 9.69 Å². The number of nitrogens with one attached hydrogen (secondary N) is 1. The molecule has 2 fully saturated rings. The van der Waals surface area contributed by atoms with Crippen molar-refractivity contribution in [3.63, 3.8) is 0 Å². The van der Waals surface area contributed by atoms with Crippen molar-refractivity contribution in [2.45, 2.75) is 51.1 Å². The Kier molecular flexibility index (Phi) is 6.88. The molecule has 0 aromatic heterocycles. The van der Waals surface area contributed by atoms with Crippen LogP contribution in [0.15, 0.2) is 24.3 Å². The van der Waals surface area contributed by atoms with Gasteiger partial charge in [0.25, 0.3) is 0 Å². The normalized spacial score (nSPS) is 22.8. The maximum Gasteiger partial charge on any atom is 0.317 e. The Labute approximate surface area is 165 Å². The summed E-state index contributed by atoms with van der Waals surface area (Å²) in [6.07, 6.45) is 4.10. The Morgan fingerprint density at radius 2 is 1.93 bits per heavy atom. The molecule has 154 valence electrons. The number of halogens is 1. The third-order valence-electron chi connectivity index (χ3n) is 6.07. The molecule has 1 aromatic carbocycles. The number of rotatable bonds is 7. The van der Waals surface area contributed by atoms with Crippen molar-refractivity contribution >= 4 is 12.0 Å². The van der Waals surface area contributed by atoms with Gasteiger partial charge in [0.1, 0.15) is 5.82 Å². The lowest BCUT2D eigenvalue weighted by molar-refractivity contribution is -0.139. The summed E-state index contributed by atoms with van der Waals surface area (Å²) in [6, 6.07) is 7.23. The quantitative estimate of drug-likeness (QED) is 0.750. The number of hydrogen-bond acceptors (Lipinski definition) is 3. The van der Waals surface area contributed by atoms with Gasteiger partial charge in [-0.05, 0) is 56.2 Å². The van der Waals surface area contributed by atoms with E-state index in [-0.39, 0.29) is 30.5 Å². The van der Waals surface area contributed by atoms with E-state index >= 15 is 0 Å². The van der Waals surface area contributed by atoms with Crippen molar-refractivity contribution in [1.29, 1.82) is 0 Å². The number of likely N-dealkylation sites (tertiary alicyclic amines) is 1. The lowest BCUT2D eigenvalue weighted by Gasteiger charge is -2.43. The number of carboxylic acids is 1. The third-order valence-corrected chi connectivity index (χ3v) is 6.07. The van der Waals surface area contributed by atoms with Crippen LogP contribution in [0.4, 0.5) is 9.18 Å². The maximum atomic E-state index is 13.8. The number of hydrogen-bond donors (Lipinski definition) is 2. The number of piperidine rings is 1. The molecule has 2 aliphatic rings. The molecule has 3 rings (SSSR count). The van der Waals surface area contributed by atoms with Crippen LogP contribution in [0.3, 0.4) is 0 Å². The van der Waals surface area contributed by atoms with Crippen LogP contribution in [0.5, 0.6) is 0 Å². The molecule has 1 aromatic rings. The zero-order chi connectivity index (χ0) is 20.1. The highest BCUT2D eigenvalue weighted by atomic mass is 19.1. The van der Waals surface area contributed by atoms with Crippen molar-refractivity contribution in [1.82, 2.24) is 15.1 Å². The van der Waals surface area contributed by atoms with E-state index in [1.165, 1.54) is 6.07 Å². The first kappa shape index (κ1) is 20.6. The topological polar surface area (TPSA) is 72.9 Å². The summed E-state index contributed by atoms with van der Waals surface area (Å²) in [6.45, 7) is 4.10. The van der Waals surface area contributed by atoms with Gasteiger partial charge in [-0.15, -0.1) is 0 Å². The van der Waals surface area contributed by atoms with Crippen LogP contribution >= 0.6 is 0 Å². The van der Waals surface area contributed by atoms with Crippen LogP contribution in [-0.2, 0) is 11.2 Å². The number of amides is 2. The van der Waals surface area contributed by atoms with Crippen LogP contribution in [0, 0.1) is 11.7 Å². The minimum atomic E-state index is -0.812. The van der Waals surface area contributed by atoms with Gasteiger partial charge in [0, 0.05) is 25.2 Å². The molecule has 1 saturated carbocycles. The monoisotopic (exact) mass is 391 g/mol. The molecule has 6 nitrogen and oxygen atoms in total. The van der Waals surface area contributed by atoms with Gasteiger partial charge in [0.05, 0.1) is 6.54 Å². The molecule has 0 spiro atoms. The molecular formula is C21H30FN3O3. The zero-order valence-corrected chi connectivity index (χ0v) is 16.4. The van der Waals surface area contributed by atoms with Crippen LogP contribution in [0.1, 0.15) is 38.2 Å². The molecule has 2 amide bonds. The maximum absolute atomic E-state index is 13.8. The second kappa shape index (κ2) is 9.37. The van der Waals surface area contributed by atoms with Crippen molar-refractivity contribution in [2.75, 3.05) is 26.2 Å². The van der Waals surface area contributed by atoms with Crippen molar-refractivity contribution < 1.29 is 19.1 Å². The third kappa shape index (κ3) is 5.22. The Balaban J connectivity index is 1.38. The second-order valence-electron chi connectivity index (χ2n) is 7.95. The first-order valence-corrected chi connectivity index (χ1v) is 10.2. The van der Waals surface area contributed by atoms with Crippen molar-refractivity contribution in [3.8, 4) is 0 Å². The standard InChI is InChI=1S/C21H30FN3O3/c1-2-24(14-20(26)27)18-12-17(13-18)23-21(28)25-9-7-15(8-10-25)11-16-5-3-4-6-19(16)22/h3-6,15,17-18H,2,7-14H2,1H3,(H,23,28)(H,26,27). The number of carbonyl (C=O) groups excluding carboxylic acids is 1. The summed E-state index contributed by atoms with van der Waals surface area (Å²) in [4.78, 5) is 27.2. The molecule has 0 bridgehead atoms. The Morgan fingerprint density at radius 3 is 2.54 bits per heavy atom. The van der Waals surface area contributed by atoms with E-state index in [4.69, 9.17) is 5.11 Å². The SMILES string of the molecule is CCN(CC(=O)O)C1CC(NC(=O)N2CCC(Cc3ccccc3F)CC2)C1. The van der Waals surface area contributed by atoms with Gasteiger partial charge < -0.3 is 15.3 Å². The minimum absolute atomic E-state index is 0.0333. The van der Waals surface area contributed by atoms with Gasteiger partial charge in [-0.2, -0.15) is 0 Å². The van der Waals surface area contributed by atoms with Gasteiger partial charge in [0.15, 0.2) is 0 Å². The minimum Gasteiger partial charge on any atom is -0.480 e. The van der Waals surface area contributed by atoms with Crippen molar-refractivity contribution in [3.05, 3.63) is 35.6 Å². The van der Waals surface area contributed by atoms with E-state index in [9.17, 15) is 14.0 Å². The summed E-state index contributed by atoms with van der Waals surface area (Å²) < 4.78 is 13.8. The predicted octanol–water partition coefficient (Wildman–Crippen LogP) is 2.73. The van der Waals surface area contributed by atoms with E-state index < -0.39 is 5.97 Å². The molecule has 7 heteroatoms. The Hall–Kier alpha value is -2.15. The van der Waals surface area contributed by atoms with Crippen LogP contribution in [-0.4, -0.2) is 65.2 Å². The molecule has 0 atom stereocenters.